The van der Waals surface area contributed by atoms with Gasteiger partial charge in [0.15, 0.2) is 0 Å². The summed E-state index contributed by atoms with van der Waals surface area (Å²) in [6.07, 6.45) is 10.1. The quantitative estimate of drug-likeness (QED) is 0.459. The van der Waals surface area contributed by atoms with Crippen LogP contribution in [0.25, 0.3) is 6.08 Å². The fourth-order valence-electron chi connectivity index (χ4n) is 2.65. The normalized spacial score (nSPS) is 26.5. The summed E-state index contributed by atoms with van der Waals surface area (Å²) in [6, 6.07) is 9.98. The van der Waals surface area contributed by atoms with Crippen LogP contribution in [0.3, 0.4) is 0 Å². The highest BCUT2D eigenvalue weighted by atomic mass is 16.5. The molecule has 3 N–H and O–H groups in total. The molecule has 1 aromatic carbocycles. The number of rotatable bonds is 7. The number of hydrogen-bond acceptors (Lipinski definition) is 3. The first kappa shape index (κ1) is 16.9. The van der Waals surface area contributed by atoms with E-state index in [1.807, 2.05) is 36.4 Å². The van der Waals surface area contributed by atoms with Gasteiger partial charge in [0.05, 0.1) is 6.10 Å². The second-order valence-electron chi connectivity index (χ2n) is 5.97. The van der Waals surface area contributed by atoms with Crippen LogP contribution in [0.15, 0.2) is 48.1 Å². The molecule has 2 unspecified atom stereocenters. The van der Waals surface area contributed by atoms with E-state index < -0.39 is 11.8 Å². The highest BCUT2D eigenvalue weighted by Crippen LogP contribution is 2.28. The van der Waals surface area contributed by atoms with Gasteiger partial charge in [0, 0.05) is 13.0 Å². The molecule has 0 aromatic heterocycles. The van der Waals surface area contributed by atoms with Gasteiger partial charge in [0.25, 0.3) is 0 Å². The Hall–Kier alpha value is -1.42. The molecule has 22 heavy (non-hydrogen) atoms. The van der Waals surface area contributed by atoms with Crippen molar-refractivity contribution >= 4 is 6.08 Å². The molecule has 0 spiro atoms. The van der Waals surface area contributed by atoms with E-state index >= 15 is 0 Å². The van der Waals surface area contributed by atoms with Gasteiger partial charge in [-0.3, -0.25) is 5.73 Å². The van der Waals surface area contributed by atoms with Gasteiger partial charge in [-0.1, -0.05) is 68.7 Å². The minimum atomic E-state index is -0.800. The van der Waals surface area contributed by atoms with Crippen molar-refractivity contribution in [3.8, 4) is 0 Å². The van der Waals surface area contributed by atoms with Gasteiger partial charge >= 0.3 is 0 Å². The number of nitrogens with two attached hydrogens (primary N) is 1. The molecule has 0 heterocycles. The molecule has 2 rings (SSSR count). The SMILES string of the molecule is CCCCCCOC1(N)C=CC(O)C(=Cc2ccccc2)C1. The molecule has 0 saturated carbocycles. The summed E-state index contributed by atoms with van der Waals surface area (Å²) in [7, 11) is 0. The van der Waals surface area contributed by atoms with Gasteiger partial charge < -0.3 is 9.84 Å². The fraction of sp³-hybridized carbons (Fsp3) is 0.474. The van der Waals surface area contributed by atoms with Crippen LogP contribution in [0.1, 0.15) is 44.6 Å². The average Bonchev–Trinajstić information content (AvgIpc) is 2.52. The maximum atomic E-state index is 10.1. The maximum Gasteiger partial charge on any atom is 0.139 e. The van der Waals surface area contributed by atoms with E-state index in [-0.39, 0.29) is 0 Å². The standard InChI is InChI=1S/C19H27NO2/c1-2-3-4-8-13-22-19(20)12-11-18(21)17(15-19)14-16-9-6-5-7-10-16/h5-7,9-12,14,18,21H,2-4,8,13,15,20H2,1H3. The molecule has 2 atom stereocenters. The van der Waals surface area contributed by atoms with E-state index in [0.29, 0.717) is 13.0 Å². The average molecular weight is 301 g/mol. The van der Waals surface area contributed by atoms with Gasteiger partial charge in [0.1, 0.15) is 5.72 Å². The lowest BCUT2D eigenvalue weighted by atomic mass is 9.90. The van der Waals surface area contributed by atoms with Crippen molar-refractivity contribution in [2.45, 2.75) is 50.9 Å². The smallest absolute Gasteiger partial charge is 0.139 e. The lowest BCUT2D eigenvalue weighted by Crippen LogP contribution is -2.44. The Morgan fingerprint density at radius 2 is 2.05 bits per heavy atom. The second kappa shape index (κ2) is 8.28. The van der Waals surface area contributed by atoms with Gasteiger partial charge in [0.2, 0.25) is 0 Å². The molecule has 1 aromatic rings. The molecule has 0 fully saturated rings. The Balaban J connectivity index is 1.97. The van der Waals surface area contributed by atoms with Gasteiger partial charge in [-0.25, -0.2) is 0 Å². The van der Waals surface area contributed by atoms with Crippen molar-refractivity contribution in [1.29, 1.82) is 0 Å². The highest BCUT2D eigenvalue weighted by molar-refractivity contribution is 5.55. The summed E-state index contributed by atoms with van der Waals surface area (Å²) in [5.74, 6) is 0. The monoisotopic (exact) mass is 301 g/mol. The first-order valence-electron chi connectivity index (χ1n) is 8.19. The lowest BCUT2D eigenvalue weighted by Gasteiger charge is -2.32. The molecule has 0 amide bonds. The van der Waals surface area contributed by atoms with Crippen molar-refractivity contribution in [2.24, 2.45) is 5.73 Å². The summed E-state index contributed by atoms with van der Waals surface area (Å²) >= 11 is 0. The largest absolute Gasteiger partial charge is 0.385 e. The zero-order valence-electron chi connectivity index (χ0n) is 13.4. The molecule has 0 bridgehead atoms. The molecule has 0 aliphatic heterocycles. The number of hydrogen-bond donors (Lipinski definition) is 2. The molecule has 120 valence electrons. The van der Waals surface area contributed by atoms with Crippen LogP contribution >= 0.6 is 0 Å². The zero-order chi connectivity index (χ0) is 15.8. The van der Waals surface area contributed by atoms with E-state index in [9.17, 15) is 5.11 Å². The first-order valence-corrected chi connectivity index (χ1v) is 8.19. The second-order valence-corrected chi connectivity index (χ2v) is 5.97. The molecule has 1 aliphatic carbocycles. The third-order valence-electron chi connectivity index (χ3n) is 3.94. The third-order valence-corrected chi connectivity index (χ3v) is 3.94. The molecule has 3 heteroatoms. The molecular weight excluding hydrogens is 274 g/mol. The lowest BCUT2D eigenvalue weighted by molar-refractivity contribution is -0.0122. The number of unbranched alkanes of at least 4 members (excludes halogenated alkanes) is 3. The number of ether oxygens (including phenoxy) is 1. The summed E-state index contributed by atoms with van der Waals surface area (Å²) in [5.41, 5.74) is 7.48. The van der Waals surface area contributed by atoms with E-state index in [4.69, 9.17) is 10.5 Å². The van der Waals surface area contributed by atoms with E-state index in [1.165, 1.54) is 19.3 Å². The fourth-order valence-corrected chi connectivity index (χ4v) is 2.65. The minimum Gasteiger partial charge on any atom is -0.385 e. The summed E-state index contributed by atoms with van der Waals surface area (Å²) in [6.45, 7) is 2.85. The first-order chi connectivity index (χ1) is 10.6. The van der Waals surface area contributed by atoms with Crippen LogP contribution in [-0.4, -0.2) is 23.5 Å². The number of benzene rings is 1. The van der Waals surface area contributed by atoms with Gasteiger partial charge in [-0.2, -0.15) is 0 Å². The topological polar surface area (TPSA) is 55.5 Å². The maximum absolute atomic E-state index is 10.1. The van der Waals surface area contributed by atoms with E-state index in [2.05, 4.69) is 6.92 Å². The predicted octanol–water partition coefficient (Wildman–Crippen LogP) is 3.64. The molecular formula is C19H27NO2. The van der Waals surface area contributed by atoms with E-state index in [1.54, 1.807) is 12.2 Å². The zero-order valence-corrected chi connectivity index (χ0v) is 13.4. The Kier molecular flexibility index (Phi) is 6.37. The molecule has 1 aliphatic rings. The Labute approximate surface area is 133 Å². The van der Waals surface area contributed by atoms with Crippen LogP contribution in [-0.2, 0) is 4.74 Å². The van der Waals surface area contributed by atoms with Gasteiger partial charge in [-0.05, 0) is 23.6 Å². The van der Waals surface area contributed by atoms with Crippen molar-refractivity contribution in [2.75, 3.05) is 6.61 Å². The Morgan fingerprint density at radius 3 is 2.77 bits per heavy atom. The Morgan fingerprint density at radius 1 is 1.27 bits per heavy atom. The summed E-state index contributed by atoms with van der Waals surface area (Å²) < 4.78 is 5.87. The van der Waals surface area contributed by atoms with Crippen molar-refractivity contribution < 1.29 is 9.84 Å². The highest BCUT2D eigenvalue weighted by Gasteiger charge is 2.30. The summed E-state index contributed by atoms with van der Waals surface area (Å²) in [5, 5.41) is 10.1. The van der Waals surface area contributed by atoms with Crippen LogP contribution in [0.2, 0.25) is 0 Å². The van der Waals surface area contributed by atoms with Crippen LogP contribution in [0.5, 0.6) is 0 Å². The van der Waals surface area contributed by atoms with Crippen molar-refractivity contribution in [3.63, 3.8) is 0 Å². The van der Waals surface area contributed by atoms with Crippen molar-refractivity contribution in [1.82, 2.24) is 0 Å². The molecule has 0 saturated heterocycles. The van der Waals surface area contributed by atoms with Crippen molar-refractivity contribution in [3.05, 3.63) is 53.6 Å². The van der Waals surface area contributed by atoms with Crippen LogP contribution in [0.4, 0.5) is 0 Å². The van der Waals surface area contributed by atoms with Crippen LogP contribution < -0.4 is 5.73 Å². The van der Waals surface area contributed by atoms with Crippen LogP contribution in [0, 0.1) is 0 Å². The minimum absolute atomic E-state index is 0.521. The molecule has 3 nitrogen and oxygen atoms in total. The predicted molar refractivity (Wildman–Crippen MR) is 91.2 cm³/mol. The van der Waals surface area contributed by atoms with Gasteiger partial charge in [-0.15, -0.1) is 0 Å². The number of aliphatic hydroxyl groups excluding tert-OH is 1. The molecule has 0 radical (unpaired) electrons. The Bertz CT molecular complexity index is 509. The summed E-state index contributed by atoms with van der Waals surface area (Å²) in [4.78, 5) is 0. The van der Waals surface area contributed by atoms with E-state index in [0.717, 1.165) is 17.6 Å². The number of aliphatic hydroxyl groups is 1. The third kappa shape index (κ3) is 5.09.